The first-order valence-electron chi connectivity index (χ1n) is 10.4. The van der Waals surface area contributed by atoms with Crippen LogP contribution in [0, 0.1) is 0 Å². The van der Waals surface area contributed by atoms with E-state index < -0.39 is 5.97 Å². The van der Waals surface area contributed by atoms with Gasteiger partial charge in [-0.25, -0.2) is 9.78 Å². The highest BCUT2D eigenvalue weighted by Gasteiger charge is 2.24. The van der Waals surface area contributed by atoms with Crippen LogP contribution in [0.4, 0.5) is 0 Å². The quantitative estimate of drug-likeness (QED) is 0.345. The normalized spacial score (nSPS) is 10.6. The summed E-state index contributed by atoms with van der Waals surface area (Å²) in [6.07, 6.45) is 0. The first kappa shape index (κ1) is 19.5. The molecule has 4 nitrogen and oxygen atoms in total. The Morgan fingerprint density at radius 1 is 0.594 bits per heavy atom. The Kier molecular flexibility index (Phi) is 5.33. The molecule has 1 heterocycles. The van der Waals surface area contributed by atoms with Gasteiger partial charge in [0.25, 0.3) is 0 Å². The van der Waals surface area contributed by atoms with Crippen LogP contribution in [0.25, 0.3) is 33.9 Å². The Morgan fingerprint density at radius 3 is 1.62 bits per heavy atom. The maximum absolute atomic E-state index is 13.1. The van der Waals surface area contributed by atoms with Gasteiger partial charge in [0, 0.05) is 16.7 Å². The van der Waals surface area contributed by atoms with Crippen molar-refractivity contribution in [1.29, 1.82) is 0 Å². The molecular formula is C28H20N2O2. The van der Waals surface area contributed by atoms with Crippen molar-refractivity contribution in [3.63, 3.8) is 0 Å². The van der Waals surface area contributed by atoms with Crippen LogP contribution in [-0.2, 0) is 0 Å². The van der Waals surface area contributed by atoms with Gasteiger partial charge in [-0.15, -0.1) is 0 Å². The number of hydrogen-bond acceptors (Lipinski definition) is 3. The number of aromatic nitrogens is 2. The zero-order chi connectivity index (χ0) is 21.8. The predicted octanol–water partition coefficient (Wildman–Crippen LogP) is 6.15. The lowest BCUT2D eigenvalue weighted by Crippen LogP contribution is -2.21. The molecule has 1 aromatic heterocycles. The molecule has 0 spiro atoms. The lowest BCUT2D eigenvalue weighted by atomic mass is 10.1. The number of nitrogens with zero attached hydrogens (tertiary/aromatic N) is 2. The van der Waals surface area contributed by atoms with Crippen molar-refractivity contribution < 1.29 is 9.63 Å². The summed E-state index contributed by atoms with van der Waals surface area (Å²) in [4.78, 5) is 24.0. The van der Waals surface area contributed by atoms with E-state index in [1.54, 1.807) is 16.9 Å². The number of rotatable bonds is 5. The van der Waals surface area contributed by atoms with Gasteiger partial charge in [-0.2, -0.15) is 4.73 Å². The fourth-order valence-corrected chi connectivity index (χ4v) is 3.62. The third-order valence-electron chi connectivity index (χ3n) is 5.15. The topological polar surface area (TPSA) is 44.1 Å². The molecule has 0 saturated heterocycles. The molecule has 0 bridgehead atoms. The second-order valence-electron chi connectivity index (χ2n) is 7.27. The van der Waals surface area contributed by atoms with E-state index in [9.17, 15) is 4.79 Å². The minimum atomic E-state index is -0.447. The SMILES string of the molecule is O=C(On1c(-c2ccccc2)nc(-c2ccccc2)c1-c1ccccc1)c1ccccc1. The van der Waals surface area contributed by atoms with Gasteiger partial charge in [-0.3, -0.25) is 0 Å². The number of benzene rings is 4. The number of imidazole rings is 1. The van der Waals surface area contributed by atoms with E-state index in [-0.39, 0.29) is 0 Å². The van der Waals surface area contributed by atoms with Crippen LogP contribution in [-0.4, -0.2) is 15.7 Å². The van der Waals surface area contributed by atoms with E-state index >= 15 is 0 Å². The average Bonchev–Trinajstić information content (AvgIpc) is 3.25. The molecular weight excluding hydrogens is 396 g/mol. The minimum absolute atomic E-state index is 0.447. The lowest BCUT2D eigenvalue weighted by molar-refractivity contribution is 0.0476. The maximum Gasteiger partial charge on any atom is 0.363 e. The first-order valence-corrected chi connectivity index (χ1v) is 10.4. The highest BCUT2D eigenvalue weighted by Crippen LogP contribution is 2.35. The van der Waals surface area contributed by atoms with Gasteiger partial charge in [-0.1, -0.05) is 109 Å². The van der Waals surface area contributed by atoms with E-state index in [2.05, 4.69) is 0 Å². The van der Waals surface area contributed by atoms with Gasteiger partial charge < -0.3 is 4.84 Å². The van der Waals surface area contributed by atoms with Crippen molar-refractivity contribution in [3.05, 3.63) is 127 Å². The van der Waals surface area contributed by atoms with E-state index in [1.807, 2.05) is 109 Å². The second-order valence-corrected chi connectivity index (χ2v) is 7.27. The van der Waals surface area contributed by atoms with Gasteiger partial charge >= 0.3 is 5.97 Å². The number of carbonyl (C=O) groups is 1. The van der Waals surface area contributed by atoms with Crippen LogP contribution < -0.4 is 4.84 Å². The molecule has 4 heteroatoms. The number of hydrogen-bond donors (Lipinski definition) is 0. The smallest absolute Gasteiger partial charge is 0.329 e. The second kappa shape index (κ2) is 8.74. The van der Waals surface area contributed by atoms with Crippen LogP contribution in [0.15, 0.2) is 121 Å². The summed E-state index contributed by atoms with van der Waals surface area (Å²) in [6.45, 7) is 0. The molecule has 0 unspecified atom stereocenters. The summed E-state index contributed by atoms with van der Waals surface area (Å²) in [5.41, 5.74) is 4.64. The highest BCUT2D eigenvalue weighted by molar-refractivity contribution is 5.90. The Hall–Kier alpha value is -4.44. The molecule has 0 amide bonds. The summed E-state index contributed by atoms with van der Waals surface area (Å²) >= 11 is 0. The maximum atomic E-state index is 13.1. The monoisotopic (exact) mass is 416 g/mol. The van der Waals surface area contributed by atoms with Crippen molar-refractivity contribution in [1.82, 2.24) is 9.71 Å². The zero-order valence-electron chi connectivity index (χ0n) is 17.3. The van der Waals surface area contributed by atoms with Gasteiger partial charge in [0.2, 0.25) is 0 Å². The van der Waals surface area contributed by atoms with Crippen molar-refractivity contribution >= 4 is 5.97 Å². The molecule has 0 atom stereocenters. The molecule has 5 aromatic rings. The van der Waals surface area contributed by atoms with Crippen LogP contribution in [0.2, 0.25) is 0 Å². The van der Waals surface area contributed by atoms with Crippen LogP contribution in [0.3, 0.4) is 0 Å². The predicted molar refractivity (Wildman–Crippen MR) is 126 cm³/mol. The standard InChI is InChI=1S/C28H20N2O2/c31-28(24-19-11-4-12-20-24)32-30-26(22-15-7-2-8-16-22)25(21-13-5-1-6-14-21)29-27(30)23-17-9-3-10-18-23/h1-20H. The highest BCUT2D eigenvalue weighted by atomic mass is 16.7. The van der Waals surface area contributed by atoms with E-state index in [0.717, 1.165) is 28.1 Å². The minimum Gasteiger partial charge on any atom is -0.329 e. The summed E-state index contributed by atoms with van der Waals surface area (Å²) < 4.78 is 1.56. The molecule has 4 aromatic carbocycles. The van der Waals surface area contributed by atoms with Crippen molar-refractivity contribution in [2.75, 3.05) is 0 Å². The average molecular weight is 416 g/mol. The van der Waals surface area contributed by atoms with Gasteiger partial charge in [0.1, 0.15) is 11.4 Å². The third kappa shape index (κ3) is 3.82. The molecule has 0 aliphatic rings. The van der Waals surface area contributed by atoms with Crippen molar-refractivity contribution in [2.24, 2.45) is 0 Å². The van der Waals surface area contributed by atoms with Gasteiger partial charge in [0.15, 0.2) is 5.82 Å². The lowest BCUT2D eigenvalue weighted by Gasteiger charge is -2.13. The largest absolute Gasteiger partial charge is 0.363 e. The molecule has 0 N–H and O–H groups in total. The van der Waals surface area contributed by atoms with E-state index in [0.29, 0.717) is 11.4 Å². The first-order chi connectivity index (χ1) is 15.8. The molecule has 32 heavy (non-hydrogen) atoms. The summed E-state index contributed by atoms with van der Waals surface area (Å²) in [6, 6.07) is 38.5. The molecule has 0 saturated carbocycles. The van der Waals surface area contributed by atoms with Crippen LogP contribution >= 0.6 is 0 Å². The van der Waals surface area contributed by atoms with Crippen molar-refractivity contribution in [2.45, 2.75) is 0 Å². The molecule has 5 rings (SSSR count). The Labute approximate surface area is 186 Å². The fourth-order valence-electron chi connectivity index (χ4n) is 3.62. The van der Waals surface area contributed by atoms with E-state index in [4.69, 9.17) is 9.82 Å². The van der Waals surface area contributed by atoms with Crippen LogP contribution in [0.1, 0.15) is 10.4 Å². The Morgan fingerprint density at radius 2 is 1.06 bits per heavy atom. The zero-order valence-corrected chi connectivity index (χ0v) is 17.3. The molecule has 0 fully saturated rings. The summed E-state index contributed by atoms with van der Waals surface area (Å²) in [7, 11) is 0. The van der Waals surface area contributed by atoms with E-state index in [1.165, 1.54) is 0 Å². The Bertz CT molecular complexity index is 1330. The van der Waals surface area contributed by atoms with Gasteiger partial charge in [0.05, 0.1) is 5.56 Å². The number of carbonyl (C=O) groups excluding carboxylic acids is 1. The van der Waals surface area contributed by atoms with Crippen molar-refractivity contribution in [3.8, 4) is 33.9 Å². The Balaban J connectivity index is 1.75. The third-order valence-corrected chi connectivity index (χ3v) is 5.15. The summed E-state index contributed by atoms with van der Waals surface area (Å²) in [5.74, 6) is 0.115. The molecule has 0 aliphatic heterocycles. The van der Waals surface area contributed by atoms with Gasteiger partial charge in [-0.05, 0) is 12.1 Å². The molecule has 0 radical (unpaired) electrons. The fraction of sp³-hybridized carbons (Fsp3) is 0. The molecule has 154 valence electrons. The summed E-state index contributed by atoms with van der Waals surface area (Å²) in [5, 5.41) is 0. The van der Waals surface area contributed by atoms with Crippen LogP contribution in [0.5, 0.6) is 0 Å². The molecule has 0 aliphatic carbocycles.